The number of nitrogens with one attached hydrogen (secondary N) is 1. The second-order valence-electron chi connectivity index (χ2n) is 5.81. The number of benzene rings is 3. The molecule has 132 valence electrons. The normalized spacial score (nSPS) is 12.1. The van der Waals surface area contributed by atoms with E-state index in [9.17, 15) is 0 Å². The molecule has 2 heterocycles. The molecule has 5 rings (SSSR count). The lowest BCUT2D eigenvalue weighted by molar-refractivity contribution is 0.415. The van der Waals surface area contributed by atoms with E-state index in [1.165, 1.54) is 11.3 Å². The Hall–Kier alpha value is -3.10. The van der Waals surface area contributed by atoms with Gasteiger partial charge in [-0.25, -0.2) is 4.98 Å². The van der Waals surface area contributed by atoms with Gasteiger partial charge >= 0.3 is 0 Å². The predicted molar refractivity (Wildman–Crippen MR) is 109 cm³/mol. The Balaban J connectivity index is 1.83. The minimum absolute atomic E-state index is 0.644. The van der Waals surface area contributed by atoms with Crippen molar-refractivity contribution >= 4 is 48.8 Å². The standard InChI is InChI=1S/C19H13N5OS2/c1-25-12-6-7-14-15(9-12)27-16-8-11-4-2-3-5-13(11)17(18(16)21-14)22-24-19-23-20-10-26-19/h2-10H,1H3,(H,23,24)/b22-17+. The largest absolute Gasteiger partial charge is 0.497 e. The number of anilines is 1. The molecule has 0 fully saturated rings. The first-order valence-electron chi connectivity index (χ1n) is 8.18. The second kappa shape index (κ2) is 6.57. The van der Waals surface area contributed by atoms with Crippen molar-refractivity contribution in [3.63, 3.8) is 0 Å². The maximum Gasteiger partial charge on any atom is 0.225 e. The molecule has 0 bridgehead atoms. The molecule has 8 heteroatoms. The van der Waals surface area contributed by atoms with E-state index in [-0.39, 0.29) is 0 Å². The van der Waals surface area contributed by atoms with Gasteiger partial charge in [-0.3, -0.25) is 5.43 Å². The van der Waals surface area contributed by atoms with Crippen molar-refractivity contribution in [3.05, 3.63) is 59.4 Å². The minimum atomic E-state index is 0.644. The van der Waals surface area contributed by atoms with Crippen LogP contribution in [0.4, 0.5) is 5.13 Å². The lowest BCUT2D eigenvalue weighted by Crippen LogP contribution is -2.13. The molecule has 0 radical (unpaired) electrons. The van der Waals surface area contributed by atoms with E-state index >= 15 is 0 Å². The monoisotopic (exact) mass is 391 g/mol. The summed E-state index contributed by atoms with van der Waals surface area (Å²) in [6.45, 7) is 0. The van der Waals surface area contributed by atoms with Crippen LogP contribution in [-0.2, 0) is 0 Å². The molecule has 3 aromatic rings. The zero-order valence-electron chi connectivity index (χ0n) is 14.2. The number of hydrogen-bond acceptors (Lipinski definition) is 8. The Morgan fingerprint density at radius 1 is 1.11 bits per heavy atom. The highest BCUT2D eigenvalue weighted by Gasteiger charge is 2.14. The highest BCUT2D eigenvalue weighted by molar-refractivity contribution is 7.21. The number of aromatic nitrogens is 3. The van der Waals surface area contributed by atoms with Gasteiger partial charge in [0, 0.05) is 5.39 Å². The minimum Gasteiger partial charge on any atom is -0.497 e. The zero-order chi connectivity index (χ0) is 18.2. The molecule has 1 aromatic heterocycles. The zero-order valence-corrected chi connectivity index (χ0v) is 15.8. The lowest BCUT2D eigenvalue weighted by atomic mass is 10.1. The number of ether oxygens (including phenoxy) is 1. The van der Waals surface area contributed by atoms with Gasteiger partial charge in [-0.2, -0.15) is 5.10 Å². The van der Waals surface area contributed by atoms with Crippen molar-refractivity contribution in [3.8, 4) is 16.3 Å². The molecule has 1 N–H and O–H groups in total. The summed E-state index contributed by atoms with van der Waals surface area (Å²) in [5.74, 6) is 0.823. The van der Waals surface area contributed by atoms with Gasteiger partial charge in [0.25, 0.3) is 0 Å². The third kappa shape index (κ3) is 2.88. The lowest BCUT2D eigenvalue weighted by Gasteiger charge is -2.10. The van der Waals surface area contributed by atoms with E-state index in [0.29, 0.717) is 5.13 Å². The number of rotatable bonds is 3. The van der Waals surface area contributed by atoms with E-state index in [1.54, 1.807) is 24.0 Å². The van der Waals surface area contributed by atoms with E-state index in [2.05, 4.69) is 38.9 Å². The van der Waals surface area contributed by atoms with Crippen LogP contribution in [0, 0.1) is 0 Å². The van der Waals surface area contributed by atoms with Crippen molar-refractivity contribution in [2.45, 2.75) is 0 Å². The van der Waals surface area contributed by atoms with Crippen LogP contribution in [0.2, 0.25) is 0 Å². The van der Waals surface area contributed by atoms with E-state index in [1.807, 2.05) is 30.3 Å². The van der Waals surface area contributed by atoms with Gasteiger partial charge in [-0.1, -0.05) is 35.6 Å². The summed E-state index contributed by atoms with van der Waals surface area (Å²) in [6.07, 6.45) is 0. The Labute approximate surface area is 162 Å². The van der Waals surface area contributed by atoms with Crippen molar-refractivity contribution in [2.24, 2.45) is 5.10 Å². The molecule has 27 heavy (non-hydrogen) atoms. The quantitative estimate of drug-likeness (QED) is 0.366. The summed E-state index contributed by atoms with van der Waals surface area (Å²) in [4.78, 5) is 5.95. The fourth-order valence-electron chi connectivity index (χ4n) is 2.95. The number of nitrogens with zero attached hydrogens (tertiary/aromatic N) is 4. The predicted octanol–water partition coefficient (Wildman–Crippen LogP) is 4.34. The molecular weight excluding hydrogens is 378 g/mol. The van der Waals surface area contributed by atoms with Gasteiger partial charge < -0.3 is 4.74 Å². The van der Waals surface area contributed by atoms with Gasteiger partial charge in [0.1, 0.15) is 22.3 Å². The molecule has 1 aliphatic carbocycles. The Bertz CT molecular complexity index is 1300. The molecular formula is C19H13N5OS2. The first-order chi connectivity index (χ1) is 13.3. The average Bonchev–Trinajstić information content (AvgIpc) is 3.23. The molecule has 0 saturated carbocycles. The third-order valence-electron chi connectivity index (χ3n) is 4.20. The topological polar surface area (TPSA) is 72.3 Å². The van der Waals surface area contributed by atoms with E-state index in [4.69, 9.17) is 9.72 Å². The average molecular weight is 391 g/mol. The van der Waals surface area contributed by atoms with Crippen LogP contribution in [0.5, 0.6) is 5.75 Å². The summed E-state index contributed by atoms with van der Waals surface area (Å²) >= 11 is 3.08. The summed E-state index contributed by atoms with van der Waals surface area (Å²) < 4.78 is 6.42. The molecule has 1 aliphatic heterocycles. The first-order valence-corrected chi connectivity index (χ1v) is 9.88. The number of fused-ring (bicyclic) bond motifs is 3. The summed E-state index contributed by atoms with van der Waals surface area (Å²) in [5, 5.41) is 16.0. The van der Waals surface area contributed by atoms with Crippen molar-refractivity contribution in [1.82, 2.24) is 15.2 Å². The smallest absolute Gasteiger partial charge is 0.225 e. The molecule has 0 spiro atoms. The van der Waals surface area contributed by atoms with Gasteiger partial charge in [0.05, 0.1) is 22.2 Å². The fourth-order valence-corrected chi connectivity index (χ4v) is 4.39. The molecule has 0 atom stereocenters. The summed E-state index contributed by atoms with van der Waals surface area (Å²) in [7, 11) is 1.67. The number of hydrogen-bond donors (Lipinski definition) is 1. The molecule has 0 unspecified atom stereocenters. The highest BCUT2D eigenvalue weighted by Crippen LogP contribution is 2.33. The first kappa shape index (κ1) is 16.1. The Kier molecular flexibility index (Phi) is 3.92. The van der Waals surface area contributed by atoms with Crippen molar-refractivity contribution in [2.75, 3.05) is 12.5 Å². The van der Waals surface area contributed by atoms with Crippen LogP contribution in [0.25, 0.3) is 31.6 Å². The fraction of sp³-hybridized carbons (Fsp3) is 0.0526. The van der Waals surface area contributed by atoms with Crippen molar-refractivity contribution in [1.29, 1.82) is 0 Å². The highest BCUT2D eigenvalue weighted by atomic mass is 32.1. The molecule has 0 saturated heterocycles. The molecule has 2 aliphatic rings. The molecule has 6 nitrogen and oxygen atoms in total. The SMILES string of the molecule is COc1ccc2nc3/c(=N/Nc4nncs4)c4ccccc4cc-3sc2c1. The van der Waals surface area contributed by atoms with Gasteiger partial charge in [0.15, 0.2) is 0 Å². The van der Waals surface area contributed by atoms with E-state index < -0.39 is 0 Å². The summed E-state index contributed by atoms with van der Waals surface area (Å²) in [6, 6.07) is 16.2. The van der Waals surface area contributed by atoms with Gasteiger partial charge in [-0.05, 0) is 29.7 Å². The van der Waals surface area contributed by atoms with Crippen LogP contribution in [-0.4, -0.2) is 22.3 Å². The molecule has 0 amide bonds. The van der Waals surface area contributed by atoms with Gasteiger partial charge in [0.2, 0.25) is 5.13 Å². The van der Waals surface area contributed by atoms with Gasteiger partial charge in [-0.15, -0.1) is 21.5 Å². The maximum absolute atomic E-state index is 5.35. The Morgan fingerprint density at radius 2 is 2.04 bits per heavy atom. The van der Waals surface area contributed by atoms with Crippen molar-refractivity contribution < 1.29 is 4.74 Å². The number of methoxy groups -OCH3 is 1. The summed E-state index contributed by atoms with van der Waals surface area (Å²) in [5.41, 5.74) is 6.44. The van der Waals surface area contributed by atoms with Crippen LogP contribution in [0.3, 0.4) is 0 Å². The molecule has 2 aromatic carbocycles. The third-order valence-corrected chi connectivity index (χ3v) is 5.88. The van der Waals surface area contributed by atoms with E-state index in [0.717, 1.165) is 42.7 Å². The van der Waals surface area contributed by atoms with Crippen LogP contribution >= 0.6 is 22.7 Å². The van der Waals surface area contributed by atoms with Crippen LogP contribution in [0.15, 0.2) is 59.1 Å². The maximum atomic E-state index is 5.35. The van der Waals surface area contributed by atoms with Crippen LogP contribution in [0.1, 0.15) is 0 Å². The Morgan fingerprint density at radius 3 is 2.89 bits per heavy atom. The van der Waals surface area contributed by atoms with Crippen LogP contribution < -0.4 is 15.5 Å². The second-order valence-corrected chi connectivity index (χ2v) is 7.73.